The van der Waals surface area contributed by atoms with Gasteiger partial charge < -0.3 is 15.4 Å². The molecule has 6 nitrogen and oxygen atoms in total. The van der Waals surface area contributed by atoms with Crippen LogP contribution in [0.25, 0.3) is 0 Å². The van der Waals surface area contributed by atoms with Crippen molar-refractivity contribution in [3.63, 3.8) is 0 Å². The van der Waals surface area contributed by atoms with Gasteiger partial charge in [0.1, 0.15) is 0 Å². The molecular formula is C17H30IN3O3S. The largest absolute Gasteiger partial charge is 0.381 e. The topological polar surface area (TPSA) is 79.8 Å². The molecule has 0 saturated carbocycles. The number of guanidine groups is 1. The van der Waals surface area contributed by atoms with Crippen LogP contribution < -0.4 is 10.6 Å². The van der Waals surface area contributed by atoms with Crippen LogP contribution in [0.3, 0.4) is 0 Å². The van der Waals surface area contributed by atoms with Gasteiger partial charge in [0.15, 0.2) is 15.8 Å². The fourth-order valence-electron chi connectivity index (χ4n) is 1.96. The van der Waals surface area contributed by atoms with Crippen molar-refractivity contribution in [2.75, 3.05) is 33.1 Å². The Hall–Kier alpha value is -0.870. The maximum Gasteiger partial charge on any atom is 0.191 e. The molecule has 0 atom stereocenters. The lowest BCUT2D eigenvalue weighted by Crippen LogP contribution is -2.37. The summed E-state index contributed by atoms with van der Waals surface area (Å²) in [5, 5.41) is 6.43. The average molecular weight is 483 g/mol. The number of rotatable bonds is 9. The van der Waals surface area contributed by atoms with E-state index in [4.69, 9.17) is 4.74 Å². The second-order valence-electron chi connectivity index (χ2n) is 6.09. The standard InChI is InChI=1S/C17H29N3O3S.HI/c1-14(2)13-23-11-5-10-19-17(18-3)20-12-15-6-8-16(9-7-15)24(4,21)22;/h6-9,14H,5,10-13H2,1-4H3,(H2,18,19,20);1H. The van der Waals surface area contributed by atoms with Crippen LogP contribution in [-0.2, 0) is 21.1 Å². The molecule has 1 rings (SSSR count). The summed E-state index contributed by atoms with van der Waals surface area (Å²) in [4.78, 5) is 4.49. The van der Waals surface area contributed by atoms with E-state index in [1.54, 1.807) is 31.3 Å². The van der Waals surface area contributed by atoms with E-state index in [1.807, 2.05) is 0 Å². The molecule has 0 aliphatic rings. The Labute approximate surface area is 168 Å². The summed E-state index contributed by atoms with van der Waals surface area (Å²) in [6.45, 7) is 7.14. The van der Waals surface area contributed by atoms with Gasteiger partial charge in [-0.2, -0.15) is 0 Å². The van der Waals surface area contributed by atoms with Crippen LogP contribution in [-0.4, -0.2) is 47.4 Å². The molecule has 0 radical (unpaired) electrons. The van der Waals surface area contributed by atoms with Crippen molar-refractivity contribution < 1.29 is 13.2 Å². The molecule has 1 aromatic carbocycles. The number of sulfone groups is 1. The highest BCUT2D eigenvalue weighted by molar-refractivity contribution is 14.0. The molecule has 0 heterocycles. The number of aliphatic imine (C=N–C) groups is 1. The van der Waals surface area contributed by atoms with E-state index in [0.29, 0.717) is 23.3 Å². The minimum absolute atomic E-state index is 0. The van der Waals surface area contributed by atoms with E-state index in [-0.39, 0.29) is 24.0 Å². The smallest absolute Gasteiger partial charge is 0.191 e. The minimum Gasteiger partial charge on any atom is -0.381 e. The zero-order valence-electron chi connectivity index (χ0n) is 15.4. The van der Waals surface area contributed by atoms with Crippen molar-refractivity contribution in [2.24, 2.45) is 10.9 Å². The summed E-state index contributed by atoms with van der Waals surface area (Å²) in [5.74, 6) is 1.27. The number of benzene rings is 1. The number of hydrogen-bond acceptors (Lipinski definition) is 4. The van der Waals surface area contributed by atoms with E-state index >= 15 is 0 Å². The van der Waals surface area contributed by atoms with Crippen LogP contribution in [0.4, 0.5) is 0 Å². The van der Waals surface area contributed by atoms with Gasteiger partial charge in [0.05, 0.1) is 4.90 Å². The number of nitrogens with zero attached hydrogens (tertiary/aromatic N) is 1. The second kappa shape index (κ2) is 12.5. The monoisotopic (exact) mass is 483 g/mol. The summed E-state index contributed by atoms with van der Waals surface area (Å²) in [6.07, 6.45) is 2.12. The maximum absolute atomic E-state index is 11.4. The zero-order valence-corrected chi connectivity index (χ0v) is 18.6. The van der Waals surface area contributed by atoms with Gasteiger partial charge in [-0.3, -0.25) is 4.99 Å². The average Bonchev–Trinajstić information content (AvgIpc) is 2.52. The normalized spacial score (nSPS) is 12.0. The fraction of sp³-hybridized carbons (Fsp3) is 0.588. The molecule has 1 aromatic rings. The van der Waals surface area contributed by atoms with Crippen molar-refractivity contribution in [3.05, 3.63) is 29.8 Å². The van der Waals surface area contributed by atoms with Gasteiger partial charge in [0.25, 0.3) is 0 Å². The van der Waals surface area contributed by atoms with Crippen LogP contribution in [0.1, 0.15) is 25.8 Å². The minimum atomic E-state index is -3.15. The molecule has 0 bridgehead atoms. The third kappa shape index (κ3) is 10.7. The number of hydrogen-bond donors (Lipinski definition) is 2. The highest BCUT2D eigenvalue weighted by Gasteiger charge is 2.06. The van der Waals surface area contributed by atoms with Crippen LogP contribution in [0.5, 0.6) is 0 Å². The van der Waals surface area contributed by atoms with E-state index in [9.17, 15) is 8.42 Å². The predicted molar refractivity (Wildman–Crippen MR) is 113 cm³/mol. The molecule has 2 N–H and O–H groups in total. The van der Waals surface area contributed by atoms with Gasteiger partial charge in [-0.05, 0) is 30.0 Å². The van der Waals surface area contributed by atoms with Crippen molar-refractivity contribution in [1.29, 1.82) is 0 Å². The first-order chi connectivity index (χ1) is 11.3. The van der Waals surface area contributed by atoms with E-state index in [1.165, 1.54) is 6.26 Å². The first kappa shape index (κ1) is 24.1. The molecule has 0 amide bonds. The Morgan fingerprint density at radius 3 is 2.36 bits per heavy atom. The van der Waals surface area contributed by atoms with Gasteiger partial charge in [0, 0.05) is 39.6 Å². The molecule has 0 saturated heterocycles. The molecule has 0 aromatic heterocycles. The van der Waals surface area contributed by atoms with Crippen LogP contribution in [0.2, 0.25) is 0 Å². The molecule has 8 heteroatoms. The van der Waals surface area contributed by atoms with Gasteiger partial charge in [-0.25, -0.2) is 8.42 Å². The van der Waals surface area contributed by atoms with Gasteiger partial charge in [0.2, 0.25) is 0 Å². The number of nitrogens with one attached hydrogen (secondary N) is 2. The Morgan fingerprint density at radius 1 is 1.20 bits per heavy atom. The molecule has 0 fully saturated rings. The van der Waals surface area contributed by atoms with Crippen molar-refractivity contribution in [3.8, 4) is 0 Å². The molecule has 0 spiro atoms. The molecular weight excluding hydrogens is 453 g/mol. The molecule has 0 unspecified atom stereocenters. The first-order valence-corrected chi connectivity index (χ1v) is 10.0. The summed E-state index contributed by atoms with van der Waals surface area (Å²) in [7, 11) is -1.43. The van der Waals surface area contributed by atoms with Gasteiger partial charge >= 0.3 is 0 Å². The molecule has 144 valence electrons. The lowest BCUT2D eigenvalue weighted by atomic mass is 10.2. The summed E-state index contributed by atoms with van der Waals surface area (Å²) < 4.78 is 28.4. The van der Waals surface area contributed by atoms with Crippen LogP contribution >= 0.6 is 24.0 Å². The number of ether oxygens (including phenoxy) is 1. The van der Waals surface area contributed by atoms with E-state index in [0.717, 1.165) is 31.7 Å². The van der Waals surface area contributed by atoms with Crippen molar-refractivity contribution in [2.45, 2.75) is 31.7 Å². The molecule has 0 aliphatic carbocycles. The zero-order chi connectivity index (χ0) is 18.0. The molecule has 25 heavy (non-hydrogen) atoms. The Bertz CT molecular complexity index is 617. The van der Waals surface area contributed by atoms with E-state index < -0.39 is 9.84 Å². The van der Waals surface area contributed by atoms with Gasteiger partial charge in [-0.15, -0.1) is 24.0 Å². The lowest BCUT2D eigenvalue weighted by Gasteiger charge is -2.12. The van der Waals surface area contributed by atoms with Crippen LogP contribution in [0.15, 0.2) is 34.2 Å². The fourth-order valence-corrected chi connectivity index (χ4v) is 2.59. The van der Waals surface area contributed by atoms with Gasteiger partial charge in [-0.1, -0.05) is 26.0 Å². The van der Waals surface area contributed by atoms with E-state index in [2.05, 4.69) is 29.5 Å². The second-order valence-corrected chi connectivity index (χ2v) is 8.11. The summed E-state index contributed by atoms with van der Waals surface area (Å²) in [6, 6.07) is 6.84. The third-order valence-corrected chi connectivity index (χ3v) is 4.37. The quantitative estimate of drug-likeness (QED) is 0.244. The molecule has 0 aliphatic heterocycles. The first-order valence-electron chi connectivity index (χ1n) is 8.14. The Balaban J connectivity index is 0.00000576. The van der Waals surface area contributed by atoms with Crippen molar-refractivity contribution >= 4 is 39.8 Å². The van der Waals surface area contributed by atoms with Crippen LogP contribution in [0, 0.1) is 5.92 Å². The Morgan fingerprint density at radius 2 is 1.84 bits per heavy atom. The summed E-state index contributed by atoms with van der Waals surface area (Å²) >= 11 is 0. The summed E-state index contributed by atoms with van der Waals surface area (Å²) in [5.41, 5.74) is 0.991. The lowest BCUT2D eigenvalue weighted by molar-refractivity contribution is 0.108. The predicted octanol–water partition coefficient (Wildman–Crippen LogP) is 2.44. The SMILES string of the molecule is CN=C(NCCCOCC(C)C)NCc1ccc(S(C)(=O)=O)cc1.I. The van der Waals surface area contributed by atoms with Crippen molar-refractivity contribution in [1.82, 2.24) is 10.6 Å². The third-order valence-electron chi connectivity index (χ3n) is 3.24. The number of halogens is 1. The maximum atomic E-state index is 11.4. The highest BCUT2D eigenvalue weighted by atomic mass is 127. The highest BCUT2D eigenvalue weighted by Crippen LogP contribution is 2.10. The Kier molecular flexibility index (Phi) is 12.0.